The molecule has 7 heteroatoms. The number of nitrogens with one attached hydrogen (secondary N) is 2. The number of methoxy groups -OCH3 is 1. The molecule has 2 aromatic rings. The molecule has 0 unspecified atom stereocenters. The van der Waals surface area contributed by atoms with Crippen LogP contribution in [0.3, 0.4) is 0 Å². The predicted octanol–water partition coefficient (Wildman–Crippen LogP) is 1.88. The van der Waals surface area contributed by atoms with Gasteiger partial charge in [0.2, 0.25) is 0 Å². The number of benzene rings is 2. The van der Waals surface area contributed by atoms with Gasteiger partial charge in [0.05, 0.1) is 12.7 Å². The molecule has 26 heavy (non-hydrogen) atoms. The Morgan fingerprint density at radius 3 is 2.31 bits per heavy atom. The lowest BCUT2D eigenvalue weighted by atomic mass is 10.1. The summed E-state index contributed by atoms with van der Waals surface area (Å²) in [6, 6.07) is 13.4. The summed E-state index contributed by atoms with van der Waals surface area (Å²) in [7, 11) is 1.26. The molecule has 0 aliphatic heterocycles. The number of amides is 2. The van der Waals surface area contributed by atoms with Crippen LogP contribution >= 0.6 is 0 Å². The molecule has 0 bridgehead atoms. The zero-order valence-corrected chi connectivity index (χ0v) is 14.6. The summed E-state index contributed by atoms with van der Waals surface area (Å²) in [5, 5.41) is 0. The topological polar surface area (TPSA) is 93.7 Å². The Bertz CT molecular complexity index is 787. The van der Waals surface area contributed by atoms with E-state index in [1.54, 1.807) is 18.2 Å². The van der Waals surface area contributed by atoms with Gasteiger partial charge in [0, 0.05) is 5.56 Å². The van der Waals surface area contributed by atoms with Crippen molar-refractivity contribution in [3.8, 4) is 5.75 Å². The maximum absolute atomic E-state index is 12.0. The molecular formula is C19H20N2O5. The maximum atomic E-state index is 12.0. The first kappa shape index (κ1) is 19.0. The van der Waals surface area contributed by atoms with E-state index in [1.807, 2.05) is 19.1 Å². The summed E-state index contributed by atoms with van der Waals surface area (Å²) >= 11 is 0. The molecule has 0 fully saturated rings. The van der Waals surface area contributed by atoms with Gasteiger partial charge in [0.25, 0.3) is 11.8 Å². The maximum Gasteiger partial charge on any atom is 0.337 e. The number of hydrogen-bond donors (Lipinski definition) is 2. The highest BCUT2D eigenvalue weighted by Gasteiger charge is 2.11. The van der Waals surface area contributed by atoms with E-state index in [1.165, 1.54) is 30.9 Å². The van der Waals surface area contributed by atoms with E-state index >= 15 is 0 Å². The highest BCUT2D eigenvalue weighted by molar-refractivity contribution is 5.98. The van der Waals surface area contributed by atoms with Crippen LogP contribution in [0.4, 0.5) is 0 Å². The van der Waals surface area contributed by atoms with E-state index < -0.39 is 17.8 Å². The second-order valence-electron chi connectivity index (χ2n) is 5.36. The molecule has 2 aromatic carbocycles. The van der Waals surface area contributed by atoms with Gasteiger partial charge in [-0.1, -0.05) is 25.1 Å². The molecule has 2 N–H and O–H groups in total. The van der Waals surface area contributed by atoms with Crippen molar-refractivity contribution in [2.24, 2.45) is 0 Å². The Balaban J connectivity index is 1.82. The van der Waals surface area contributed by atoms with Gasteiger partial charge in [-0.3, -0.25) is 20.4 Å². The highest BCUT2D eigenvalue weighted by atomic mass is 16.5. The van der Waals surface area contributed by atoms with Gasteiger partial charge in [-0.2, -0.15) is 0 Å². The molecule has 0 heterocycles. The predicted molar refractivity (Wildman–Crippen MR) is 94.7 cm³/mol. The first-order valence-electron chi connectivity index (χ1n) is 8.02. The van der Waals surface area contributed by atoms with Crippen LogP contribution in [-0.4, -0.2) is 31.5 Å². The summed E-state index contributed by atoms with van der Waals surface area (Å²) in [5.41, 5.74) is 6.15. The molecule has 136 valence electrons. The largest absolute Gasteiger partial charge is 0.484 e. The molecule has 0 saturated carbocycles. The van der Waals surface area contributed by atoms with Crippen LogP contribution in [0.1, 0.15) is 33.2 Å². The lowest BCUT2D eigenvalue weighted by Crippen LogP contribution is -2.43. The zero-order chi connectivity index (χ0) is 18.9. The average molecular weight is 356 g/mol. The van der Waals surface area contributed by atoms with E-state index in [-0.39, 0.29) is 17.7 Å². The second-order valence-corrected chi connectivity index (χ2v) is 5.36. The van der Waals surface area contributed by atoms with Crippen LogP contribution < -0.4 is 15.6 Å². The monoisotopic (exact) mass is 356 g/mol. The summed E-state index contributed by atoms with van der Waals surface area (Å²) in [4.78, 5) is 35.3. The van der Waals surface area contributed by atoms with Gasteiger partial charge in [-0.15, -0.1) is 0 Å². The minimum Gasteiger partial charge on any atom is -0.484 e. The summed E-state index contributed by atoms with van der Waals surface area (Å²) in [5.74, 6) is -1.06. The average Bonchev–Trinajstić information content (AvgIpc) is 2.70. The van der Waals surface area contributed by atoms with Crippen molar-refractivity contribution in [3.05, 3.63) is 65.2 Å². The Kier molecular flexibility index (Phi) is 6.73. The van der Waals surface area contributed by atoms with E-state index in [9.17, 15) is 14.4 Å². The number of carbonyl (C=O) groups excluding carboxylic acids is 3. The van der Waals surface area contributed by atoms with Crippen molar-refractivity contribution >= 4 is 17.8 Å². The first-order valence-corrected chi connectivity index (χ1v) is 8.02. The van der Waals surface area contributed by atoms with Gasteiger partial charge in [0.1, 0.15) is 5.75 Å². The molecule has 0 saturated heterocycles. The molecule has 2 rings (SSSR count). The highest BCUT2D eigenvalue weighted by Crippen LogP contribution is 2.12. The number of carbonyl (C=O) groups is 3. The molecule has 0 spiro atoms. The Labute approximate surface area is 151 Å². The Morgan fingerprint density at radius 2 is 1.65 bits per heavy atom. The van der Waals surface area contributed by atoms with Crippen molar-refractivity contribution in [2.75, 3.05) is 13.7 Å². The van der Waals surface area contributed by atoms with Gasteiger partial charge in [-0.25, -0.2) is 4.79 Å². The van der Waals surface area contributed by atoms with Gasteiger partial charge < -0.3 is 9.47 Å². The summed E-state index contributed by atoms with van der Waals surface area (Å²) in [6.07, 6.45) is 0.921. The second kappa shape index (κ2) is 9.22. The molecule has 0 radical (unpaired) electrons. The fraction of sp³-hybridized carbons (Fsp3) is 0.211. The molecule has 7 nitrogen and oxygen atoms in total. The van der Waals surface area contributed by atoms with Crippen molar-refractivity contribution in [1.29, 1.82) is 0 Å². The van der Waals surface area contributed by atoms with Crippen LogP contribution in [0, 0.1) is 0 Å². The molecular weight excluding hydrogens is 336 g/mol. The molecule has 0 atom stereocenters. The molecule has 0 aliphatic rings. The lowest BCUT2D eigenvalue weighted by molar-refractivity contribution is -0.123. The van der Waals surface area contributed by atoms with E-state index in [4.69, 9.17) is 4.74 Å². The third-order valence-corrected chi connectivity index (χ3v) is 3.56. The fourth-order valence-electron chi connectivity index (χ4n) is 2.11. The van der Waals surface area contributed by atoms with Gasteiger partial charge in [0.15, 0.2) is 6.61 Å². The van der Waals surface area contributed by atoms with Crippen LogP contribution in [0.2, 0.25) is 0 Å². The van der Waals surface area contributed by atoms with Crippen molar-refractivity contribution in [1.82, 2.24) is 10.9 Å². The minimum atomic E-state index is -0.559. The standard InChI is InChI=1S/C19H20N2O5/c1-3-13-7-9-16(10-8-13)26-12-17(22)20-21-18(23)14-5-4-6-15(11-14)19(24)25-2/h4-11H,3,12H2,1-2H3,(H,20,22)(H,21,23). The number of rotatable bonds is 6. The van der Waals surface area contributed by atoms with Crippen LogP contribution in [0.15, 0.2) is 48.5 Å². The molecule has 0 aliphatic carbocycles. The van der Waals surface area contributed by atoms with Crippen molar-refractivity contribution in [2.45, 2.75) is 13.3 Å². The third kappa shape index (κ3) is 5.34. The Morgan fingerprint density at radius 1 is 0.962 bits per heavy atom. The number of ether oxygens (including phenoxy) is 2. The van der Waals surface area contributed by atoms with E-state index in [0.29, 0.717) is 5.75 Å². The quantitative estimate of drug-likeness (QED) is 0.609. The lowest BCUT2D eigenvalue weighted by Gasteiger charge is -2.09. The number of hydrogen-bond acceptors (Lipinski definition) is 5. The SMILES string of the molecule is CCc1ccc(OCC(=O)NNC(=O)c2cccc(C(=O)OC)c2)cc1. The molecule has 2 amide bonds. The van der Waals surface area contributed by atoms with E-state index in [2.05, 4.69) is 15.6 Å². The fourth-order valence-corrected chi connectivity index (χ4v) is 2.11. The normalized spacial score (nSPS) is 9.92. The molecule has 0 aromatic heterocycles. The Hall–Kier alpha value is -3.35. The first-order chi connectivity index (χ1) is 12.5. The zero-order valence-electron chi connectivity index (χ0n) is 14.6. The summed E-state index contributed by atoms with van der Waals surface area (Å²) in [6.45, 7) is 1.81. The van der Waals surface area contributed by atoms with Crippen LogP contribution in [0.5, 0.6) is 5.75 Å². The van der Waals surface area contributed by atoms with Crippen molar-refractivity contribution < 1.29 is 23.9 Å². The van der Waals surface area contributed by atoms with Gasteiger partial charge in [-0.05, 0) is 42.3 Å². The van der Waals surface area contributed by atoms with Crippen molar-refractivity contribution in [3.63, 3.8) is 0 Å². The third-order valence-electron chi connectivity index (χ3n) is 3.56. The van der Waals surface area contributed by atoms with Gasteiger partial charge >= 0.3 is 5.97 Å². The number of aryl methyl sites for hydroxylation is 1. The van der Waals surface area contributed by atoms with Crippen LogP contribution in [0.25, 0.3) is 0 Å². The number of hydrazine groups is 1. The van der Waals surface area contributed by atoms with Crippen LogP contribution in [-0.2, 0) is 16.0 Å². The smallest absolute Gasteiger partial charge is 0.337 e. The number of esters is 1. The summed E-state index contributed by atoms with van der Waals surface area (Å²) < 4.78 is 9.95. The minimum absolute atomic E-state index is 0.212. The van der Waals surface area contributed by atoms with E-state index in [0.717, 1.165) is 6.42 Å².